The van der Waals surface area contributed by atoms with E-state index in [1.165, 1.54) is 0 Å². The van der Waals surface area contributed by atoms with Gasteiger partial charge in [-0.05, 0) is 26.0 Å². The zero-order valence-electron chi connectivity index (χ0n) is 10.7. The third-order valence-electron chi connectivity index (χ3n) is 2.24. The summed E-state index contributed by atoms with van der Waals surface area (Å²) in [5.74, 6) is -0.841. The summed E-state index contributed by atoms with van der Waals surface area (Å²) in [4.78, 5) is 11.6. The van der Waals surface area contributed by atoms with E-state index in [0.717, 1.165) is 0 Å². The molecule has 7 heteroatoms. The van der Waals surface area contributed by atoms with Crippen molar-refractivity contribution in [3.8, 4) is 0 Å². The van der Waals surface area contributed by atoms with Gasteiger partial charge >= 0.3 is 0 Å². The minimum absolute atomic E-state index is 0.0368. The summed E-state index contributed by atoms with van der Waals surface area (Å²) in [5.41, 5.74) is 6.31. The Kier molecular flexibility index (Phi) is 5.44. The largest absolute Gasteiger partial charge is 0.382 e. The van der Waals surface area contributed by atoms with Crippen LogP contribution in [0.4, 0.5) is 5.69 Å². The van der Waals surface area contributed by atoms with Crippen molar-refractivity contribution in [1.29, 1.82) is 5.41 Å². The van der Waals surface area contributed by atoms with Crippen LogP contribution in [-0.2, 0) is 11.2 Å². The lowest BCUT2D eigenvalue weighted by atomic mass is 10.1. The second-order valence-corrected chi connectivity index (χ2v) is 5.11. The van der Waals surface area contributed by atoms with Crippen LogP contribution in [0.5, 0.6) is 0 Å². The molecule has 0 fully saturated rings. The van der Waals surface area contributed by atoms with Crippen LogP contribution in [0.1, 0.15) is 19.4 Å². The zero-order valence-corrected chi connectivity index (χ0v) is 12.2. The molecule has 19 heavy (non-hydrogen) atoms. The van der Waals surface area contributed by atoms with E-state index >= 15 is 0 Å². The molecule has 5 nitrogen and oxygen atoms in total. The van der Waals surface area contributed by atoms with E-state index in [2.05, 4.69) is 10.6 Å². The van der Waals surface area contributed by atoms with Crippen LogP contribution in [-0.4, -0.2) is 17.9 Å². The number of halogens is 2. The maximum atomic E-state index is 11.6. The van der Waals surface area contributed by atoms with Crippen molar-refractivity contribution in [1.82, 2.24) is 5.32 Å². The fraction of sp³-hybridized carbons (Fsp3) is 0.333. The first kappa shape index (κ1) is 15.6. The number of amides is 1. The normalized spacial score (nSPS) is 10.4. The van der Waals surface area contributed by atoms with E-state index < -0.39 is 11.9 Å². The molecule has 0 saturated heterocycles. The molecule has 0 aliphatic heterocycles. The molecule has 5 N–H and O–H groups in total. The number of benzene rings is 1. The minimum Gasteiger partial charge on any atom is -0.382 e. The maximum absolute atomic E-state index is 11.6. The van der Waals surface area contributed by atoms with Gasteiger partial charge in [-0.15, -0.1) is 0 Å². The number of nitrogens with one attached hydrogen (secondary N) is 3. The van der Waals surface area contributed by atoms with E-state index in [4.69, 9.17) is 34.3 Å². The number of hydrogen-bond acceptors (Lipinski definition) is 3. The number of carbonyl (C=O) groups is 1. The van der Waals surface area contributed by atoms with Gasteiger partial charge in [-0.2, -0.15) is 0 Å². The quantitative estimate of drug-likeness (QED) is 0.508. The standard InChI is InChI=1S/C12H16Cl2N4O/c1-6(2)17-9-4-3-8(13)7(11(9)14)5-10(19)18-12(15)16/h3-4,6,17H,5H2,1-2H3,(H4,15,16,18,19). The number of carbonyl (C=O) groups excluding carboxylic acids is 1. The lowest BCUT2D eigenvalue weighted by Crippen LogP contribution is -2.36. The van der Waals surface area contributed by atoms with Crippen molar-refractivity contribution in [2.24, 2.45) is 5.73 Å². The Bertz CT molecular complexity index is 503. The number of hydrogen-bond donors (Lipinski definition) is 4. The number of guanidine groups is 1. The molecule has 0 bridgehead atoms. The number of rotatable bonds is 4. The molecule has 1 aromatic carbocycles. The predicted octanol–water partition coefficient (Wildman–Crippen LogP) is 2.37. The molecule has 1 aromatic rings. The van der Waals surface area contributed by atoms with Crippen molar-refractivity contribution in [3.05, 3.63) is 27.7 Å². The van der Waals surface area contributed by atoms with Gasteiger partial charge in [-0.3, -0.25) is 15.5 Å². The molecule has 1 rings (SSSR count). The summed E-state index contributed by atoms with van der Waals surface area (Å²) < 4.78 is 0. The molecule has 0 saturated carbocycles. The van der Waals surface area contributed by atoms with Crippen LogP contribution in [0.2, 0.25) is 10.0 Å². The van der Waals surface area contributed by atoms with E-state index in [1.807, 2.05) is 13.8 Å². The molecule has 0 aliphatic rings. The lowest BCUT2D eigenvalue weighted by molar-refractivity contribution is -0.119. The first-order chi connectivity index (χ1) is 8.81. The molecular formula is C12H16Cl2N4O. The van der Waals surface area contributed by atoms with Gasteiger partial charge in [0.25, 0.3) is 0 Å². The van der Waals surface area contributed by atoms with Gasteiger partial charge in [0.05, 0.1) is 17.1 Å². The Labute approximate surface area is 122 Å². The minimum atomic E-state index is -0.432. The van der Waals surface area contributed by atoms with Gasteiger partial charge in [-0.1, -0.05) is 23.2 Å². The van der Waals surface area contributed by atoms with Crippen molar-refractivity contribution in [2.75, 3.05) is 5.32 Å². The predicted molar refractivity (Wildman–Crippen MR) is 79.0 cm³/mol. The maximum Gasteiger partial charge on any atom is 0.231 e. The Morgan fingerprint density at radius 1 is 1.42 bits per heavy atom. The highest BCUT2D eigenvalue weighted by Crippen LogP contribution is 2.32. The second kappa shape index (κ2) is 6.63. The first-order valence-corrected chi connectivity index (χ1v) is 6.44. The zero-order chi connectivity index (χ0) is 14.6. The Morgan fingerprint density at radius 3 is 2.58 bits per heavy atom. The van der Waals surface area contributed by atoms with Gasteiger partial charge in [-0.25, -0.2) is 0 Å². The van der Waals surface area contributed by atoms with Crippen LogP contribution in [0.3, 0.4) is 0 Å². The highest BCUT2D eigenvalue weighted by atomic mass is 35.5. The molecule has 0 unspecified atom stereocenters. The third-order valence-corrected chi connectivity index (χ3v) is 3.03. The number of anilines is 1. The summed E-state index contributed by atoms with van der Waals surface area (Å²) >= 11 is 12.3. The number of nitrogens with two attached hydrogens (primary N) is 1. The Hall–Kier alpha value is -1.46. The average Bonchev–Trinajstić information content (AvgIpc) is 2.27. The van der Waals surface area contributed by atoms with Crippen molar-refractivity contribution >= 4 is 40.8 Å². The van der Waals surface area contributed by atoms with Gasteiger partial charge < -0.3 is 11.1 Å². The fourth-order valence-corrected chi connectivity index (χ4v) is 2.10. The van der Waals surface area contributed by atoms with Gasteiger partial charge in [0.1, 0.15) is 0 Å². The van der Waals surface area contributed by atoms with Gasteiger partial charge in [0, 0.05) is 16.6 Å². The smallest absolute Gasteiger partial charge is 0.231 e. The molecule has 0 heterocycles. The van der Waals surface area contributed by atoms with E-state index in [-0.39, 0.29) is 12.5 Å². The molecule has 0 spiro atoms. The second-order valence-electron chi connectivity index (χ2n) is 4.33. The highest BCUT2D eigenvalue weighted by molar-refractivity contribution is 6.38. The summed E-state index contributed by atoms with van der Waals surface area (Å²) in [6.07, 6.45) is -0.0368. The van der Waals surface area contributed by atoms with Crippen molar-refractivity contribution in [2.45, 2.75) is 26.3 Å². The Morgan fingerprint density at radius 2 is 2.05 bits per heavy atom. The van der Waals surface area contributed by atoms with E-state index in [1.54, 1.807) is 12.1 Å². The topological polar surface area (TPSA) is 91.0 Å². The lowest BCUT2D eigenvalue weighted by Gasteiger charge is -2.15. The molecule has 1 amide bonds. The van der Waals surface area contributed by atoms with Crippen LogP contribution in [0.25, 0.3) is 0 Å². The third kappa shape index (κ3) is 4.61. The molecule has 104 valence electrons. The van der Waals surface area contributed by atoms with Crippen LogP contribution in [0.15, 0.2) is 12.1 Å². The Balaban J connectivity index is 2.99. The highest BCUT2D eigenvalue weighted by Gasteiger charge is 2.15. The summed E-state index contributed by atoms with van der Waals surface area (Å²) in [5, 5.41) is 13.2. The molecule has 0 aromatic heterocycles. The van der Waals surface area contributed by atoms with E-state index in [9.17, 15) is 4.79 Å². The molecule has 0 radical (unpaired) electrons. The fourth-order valence-electron chi connectivity index (χ4n) is 1.54. The van der Waals surface area contributed by atoms with Gasteiger partial charge in [0.15, 0.2) is 5.96 Å². The van der Waals surface area contributed by atoms with E-state index in [0.29, 0.717) is 21.3 Å². The SMILES string of the molecule is CC(C)Nc1ccc(Cl)c(CC(=O)NC(=N)N)c1Cl. The monoisotopic (exact) mass is 302 g/mol. The van der Waals surface area contributed by atoms with Gasteiger partial charge in [0.2, 0.25) is 5.91 Å². The average molecular weight is 303 g/mol. The molecular weight excluding hydrogens is 287 g/mol. The van der Waals surface area contributed by atoms with Crippen LogP contribution < -0.4 is 16.4 Å². The summed E-state index contributed by atoms with van der Waals surface area (Å²) in [6, 6.07) is 3.64. The summed E-state index contributed by atoms with van der Waals surface area (Å²) in [6.45, 7) is 3.96. The van der Waals surface area contributed by atoms with Crippen LogP contribution in [0, 0.1) is 5.41 Å². The summed E-state index contributed by atoms with van der Waals surface area (Å²) in [7, 11) is 0. The molecule has 0 aliphatic carbocycles. The van der Waals surface area contributed by atoms with Crippen molar-refractivity contribution < 1.29 is 4.79 Å². The molecule has 0 atom stereocenters. The first-order valence-electron chi connectivity index (χ1n) is 5.68. The van der Waals surface area contributed by atoms with Crippen LogP contribution >= 0.6 is 23.2 Å². The van der Waals surface area contributed by atoms with Crippen molar-refractivity contribution in [3.63, 3.8) is 0 Å².